The van der Waals surface area contributed by atoms with Gasteiger partial charge in [-0.05, 0) is 26.3 Å². The largest absolute Gasteiger partial charge is 0.315 e. The highest BCUT2D eigenvalue weighted by atomic mass is 32.2. The molecule has 0 spiro atoms. The van der Waals surface area contributed by atoms with Crippen LogP contribution in [0.5, 0.6) is 0 Å². The molecule has 2 N–H and O–H groups in total. The molecule has 0 amide bonds. The Kier molecular flexibility index (Phi) is 3.32. The van der Waals surface area contributed by atoms with Gasteiger partial charge in [-0.25, -0.2) is 13.1 Å². The molecule has 1 saturated heterocycles. The van der Waals surface area contributed by atoms with Crippen LogP contribution in [0.15, 0.2) is 0 Å². The smallest absolute Gasteiger partial charge is 0.212 e. The quantitative estimate of drug-likeness (QED) is 0.684. The first kappa shape index (κ1) is 10.9. The third-order valence-corrected chi connectivity index (χ3v) is 3.99. The van der Waals surface area contributed by atoms with Crippen molar-refractivity contribution in [3.63, 3.8) is 0 Å². The number of nitrogens with one attached hydrogen (secondary N) is 2. The summed E-state index contributed by atoms with van der Waals surface area (Å²) in [6, 6.07) is 0. The van der Waals surface area contributed by atoms with Crippen molar-refractivity contribution in [1.29, 1.82) is 0 Å². The molecular weight excluding hydrogens is 188 g/mol. The molecule has 0 aromatic carbocycles. The second kappa shape index (κ2) is 3.94. The molecule has 1 rings (SSSR count). The number of hydrogen-bond acceptors (Lipinski definition) is 3. The van der Waals surface area contributed by atoms with Crippen LogP contribution in [0.25, 0.3) is 0 Å². The Hall–Kier alpha value is -0.130. The van der Waals surface area contributed by atoms with Crippen molar-refractivity contribution >= 4 is 10.0 Å². The van der Waals surface area contributed by atoms with Gasteiger partial charge in [0.2, 0.25) is 10.0 Å². The first-order valence-corrected chi connectivity index (χ1v) is 6.35. The van der Waals surface area contributed by atoms with Crippen LogP contribution in [-0.4, -0.2) is 32.8 Å². The summed E-state index contributed by atoms with van der Waals surface area (Å²) >= 11 is 0. The van der Waals surface area contributed by atoms with Crippen molar-refractivity contribution in [1.82, 2.24) is 10.0 Å². The van der Waals surface area contributed by atoms with Gasteiger partial charge in [-0.3, -0.25) is 0 Å². The average Bonchev–Trinajstić information content (AvgIpc) is 2.33. The topological polar surface area (TPSA) is 58.2 Å². The summed E-state index contributed by atoms with van der Waals surface area (Å²) < 4.78 is 25.6. The zero-order chi connectivity index (χ0) is 9.95. The molecule has 1 heterocycles. The fraction of sp³-hybridized carbons (Fsp3) is 1.00. The van der Waals surface area contributed by atoms with E-state index in [1.54, 1.807) is 0 Å². The van der Waals surface area contributed by atoms with E-state index < -0.39 is 10.0 Å². The lowest BCUT2D eigenvalue weighted by Gasteiger charge is -2.23. The van der Waals surface area contributed by atoms with E-state index >= 15 is 0 Å². The van der Waals surface area contributed by atoms with Crippen molar-refractivity contribution in [2.24, 2.45) is 0 Å². The molecule has 4 nitrogen and oxygen atoms in total. The highest BCUT2D eigenvalue weighted by Gasteiger charge is 2.32. The number of rotatable bonds is 4. The van der Waals surface area contributed by atoms with E-state index in [2.05, 4.69) is 10.0 Å². The van der Waals surface area contributed by atoms with Crippen LogP contribution >= 0.6 is 0 Å². The molecule has 1 aliphatic rings. The summed E-state index contributed by atoms with van der Waals surface area (Å²) in [7, 11) is -3.06. The monoisotopic (exact) mass is 206 g/mol. The molecule has 1 fully saturated rings. The van der Waals surface area contributed by atoms with Crippen molar-refractivity contribution in [2.45, 2.75) is 32.2 Å². The Bertz CT molecular complexity index is 255. The molecule has 0 aromatic rings. The molecular formula is C8H18N2O2S. The summed E-state index contributed by atoms with van der Waals surface area (Å²) in [6.07, 6.45) is 1.54. The maximum Gasteiger partial charge on any atom is 0.212 e. The first-order chi connectivity index (χ1) is 5.97. The van der Waals surface area contributed by atoms with Gasteiger partial charge in [0.1, 0.15) is 0 Å². The summed E-state index contributed by atoms with van der Waals surface area (Å²) in [5.74, 6) is 0.225. The van der Waals surface area contributed by atoms with Crippen LogP contribution in [0, 0.1) is 0 Å². The fourth-order valence-electron chi connectivity index (χ4n) is 1.60. The van der Waals surface area contributed by atoms with Crippen molar-refractivity contribution in [3.8, 4) is 0 Å². The lowest BCUT2D eigenvalue weighted by atomic mass is 10.0. The zero-order valence-corrected chi connectivity index (χ0v) is 9.08. The standard InChI is InChI=1S/C8H18N2O2S/c1-3-6-13(11,12)10-8(2)4-5-9-7-8/h9-10H,3-7H2,1-2H3. The van der Waals surface area contributed by atoms with Gasteiger partial charge in [-0.2, -0.15) is 0 Å². The van der Waals surface area contributed by atoms with Crippen LogP contribution < -0.4 is 10.0 Å². The molecule has 13 heavy (non-hydrogen) atoms. The Balaban J connectivity index is 2.56. The van der Waals surface area contributed by atoms with Crippen molar-refractivity contribution in [3.05, 3.63) is 0 Å². The Morgan fingerprint density at radius 1 is 1.54 bits per heavy atom. The fourth-order valence-corrected chi connectivity index (χ4v) is 3.16. The van der Waals surface area contributed by atoms with Crippen LogP contribution in [0.3, 0.4) is 0 Å². The Morgan fingerprint density at radius 3 is 2.69 bits per heavy atom. The maximum absolute atomic E-state index is 11.5. The Morgan fingerprint density at radius 2 is 2.23 bits per heavy atom. The number of sulfonamides is 1. The molecule has 1 atom stereocenters. The summed E-state index contributed by atoms with van der Waals surface area (Å²) in [5.41, 5.74) is -0.270. The van der Waals surface area contributed by atoms with E-state index in [-0.39, 0.29) is 11.3 Å². The predicted molar refractivity (Wildman–Crippen MR) is 53.1 cm³/mol. The Labute approximate surface area is 80.1 Å². The predicted octanol–water partition coefficient (Wildman–Crippen LogP) is 0.0678. The third kappa shape index (κ3) is 3.25. The van der Waals surface area contributed by atoms with E-state index in [1.807, 2.05) is 13.8 Å². The van der Waals surface area contributed by atoms with Gasteiger partial charge >= 0.3 is 0 Å². The van der Waals surface area contributed by atoms with Crippen molar-refractivity contribution < 1.29 is 8.42 Å². The lowest BCUT2D eigenvalue weighted by Crippen LogP contribution is -2.48. The molecule has 1 aliphatic heterocycles. The second-order valence-corrected chi connectivity index (χ2v) is 5.75. The van der Waals surface area contributed by atoms with Gasteiger partial charge in [-0.15, -0.1) is 0 Å². The van der Waals surface area contributed by atoms with Crippen LogP contribution in [0.4, 0.5) is 0 Å². The van der Waals surface area contributed by atoms with Crippen LogP contribution in [0.1, 0.15) is 26.7 Å². The highest BCUT2D eigenvalue weighted by Crippen LogP contribution is 2.14. The van der Waals surface area contributed by atoms with Crippen molar-refractivity contribution in [2.75, 3.05) is 18.8 Å². The van der Waals surface area contributed by atoms with E-state index in [0.717, 1.165) is 19.5 Å². The minimum atomic E-state index is -3.06. The van der Waals surface area contributed by atoms with Gasteiger partial charge in [0.15, 0.2) is 0 Å². The number of hydrogen-bond donors (Lipinski definition) is 2. The van der Waals surface area contributed by atoms with Gasteiger partial charge in [-0.1, -0.05) is 6.92 Å². The van der Waals surface area contributed by atoms with Gasteiger partial charge in [0.05, 0.1) is 5.75 Å². The van der Waals surface area contributed by atoms with Crippen LogP contribution in [0.2, 0.25) is 0 Å². The van der Waals surface area contributed by atoms with Gasteiger partial charge in [0, 0.05) is 12.1 Å². The van der Waals surface area contributed by atoms with Gasteiger partial charge < -0.3 is 5.32 Å². The summed E-state index contributed by atoms with van der Waals surface area (Å²) in [5, 5.41) is 3.15. The molecule has 1 unspecified atom stereocenters. The first-order valence-electron chi connectivity index (χ1n) is 4.70. The molecule has 0 saturated carbocycles. The second-order valence-electron chi connectivity index (χ2n) is 3.91. The zero-order valence-electron chi connectivity index (χ0n) is 8.26. The SMILES string of the molecule is CCCS(=O)(=O)NC1(C)CCNC1. The molecule has 0 aliphatic carbocycles. The lowest BCUT2D eigenvalue weighted by molar-refractivity contribution is 0.451. The minimum Gasteiger partial charge on any atom is -0.315 e. The van der Waals surface area contributed by atoms with E-state index in [0.29, 0.717) is 6.42 Å². The summed E-state index contributed by atoms with van der Waals surface area (Å²) in [6.45, 7) is 5.44. The molecule has 0 aromatic heterocycles. The minimum absolute atomic E-state index is 0.225. The average molecular weight is 206 g/mol. The summed E-state index contributed by atoms with van der Waals surface area (Å²) in [4.78, 5) is 0. The molecule has 0 radical (unpaired) electrons. The highest BCUT2D eigenvalue weighted by molar-refractivity contribution is 7.89. The molecule has 78 valence electrons. The van der Waals surface area contributed by atoms with Crippen LogP contribution in [-0.2, 0) is 10.0 Å². The van der Waals surface area contributed by atoms with Gasteiger partial charge in [0.25, 0.3) is 0 Å². The maximum atomic E-state index is 11.5. The molecule has 5 heteroatoms. The van der Waals surface area contributed by atoms with E-state index in [9.17, 15) is 8.42 Å². The van der Waals surface area contributed by atoms with E-state index in [4.69, 9.17) is 0 Å². The van der Waals surface area contributed by atoms with E-state index in [1.165, 1.54) is 0 Å². The normalized spacial score (nSPS) is 29.4. The third-order valence-electron chi connectivity index (χ3n) is 2.24. The molecule has 0 bridgehead atoms.